The van der Waals surface area contributed by atoms with Gasteiger partial charge in [-0.1, -0.05) is 6.07 Å². The van der Waals surface area contributed by atoms with Crippen LogP contribution in [0.25, 0.3) is 0 Å². The van der Waals surface area contributed by atoms with Gasteiger partial charge in [0.1, 0.15) is 23.2 Å². The number of azo groups is 1. The number of carbonyl (C=O) groups excluding carboxylic acids is 3. The van der Waals surface area contributed by atoms with Gasteiger partial charge in [0, 0.05) is 30.2 Å². The van der Waals surface area contributed by atoms with Gasteiger partial charge < -0.3 is 19.5 Å². The fourth-order valence-corrected chi connectivity index (χ4v) is 3.99. The third-order valence-corrected chi connectivity index (χ3v) is 5.64. The summed E-state index contributed by atoms with van der Waals surface area (Å²) in [5.41, 5.74) is 2.61. The summed E-state index contributed by atoms with van der Waals surface area (Å²) in [5.74, 6) is -1.55. The smallest absolute Gasteiger partial charge is 0.341 e. The van der Waals surface area contributed by atoms with Crippen LogP contribution >= 0.6 is 0 Å². The van der Waals surface area contributed by atoms with Gasteiger partial charge in [0.25, 0.3) is 5.91 Å². The SMILES string of the molecule is COc1cc(OCC(=O)O)cc(C)c1N=Nc1cccc2c1CN(C1CCC(=O)NC1=O)C2=O. The maximum atomic E-state index is 13.0. The number of nitrogens with one attached hydrogen (secondary N) is 1. The molecule has 0 bridgehead atoms. The molecule has 2 aromatic carbocycles. The van der Waals surface area contributed by atoms with E-state index in [2.05, 4.69) is 15.5 Å². The van der Waals surface area contributed by atoms with Crippen molar-refractivity contribution in [2.24, 2.45) is 10.2 Å². The van der Waals surface area contributed by atoms with Crippen LogP contribution < -0.4 is 14.8 Å². The summed E-state index contributed by atoms with van der Waals surface area (Å²) in [6, 6.07) is 7.50. The summed E-state index contributed by atoms with van der Waals surface area (Å²) in [6.07, 6.45) is 0.447. The summed E-state index contributed by atoms with van der Waals surface area (Å²) in [4.78, 5) is 48.9. The van der Waals surface area contributed by atoms with Gasteiger partial charge in [-0.3, -0.25) is 19.7 Å². The standard InChI is InChI=1S/C23H22N4O7/c1-12-8-13(34-11-20(29)30)9-18(33-2)21(12)26-25-16-5-3-4-14-15(16)10-27(23(14)32)17-6-7-19(28)24-22(17)31/h3-5,8-9,17H,6-7,10-11H2,1-2H3,(H,29,30)(H,24,28,31). The van der Waals surface area contributed by atoms with Crippen molar-refractivity contribution in [2.75, 3.05) is 13.7 Å². The molecule has 1 fully saturated rings. The highest BCUT2D eigenvalue weighted by atomic mass is 16.5. The third-order valence-electron chi connectivity index (χ3n) is 5.64. The second kappa shape index (κ2) is 9.30. The van der Waals surface area contributed by atoms with Crippen molar-refractivity contribution in [3.05, 3.63) is 47.0 Å². The van der Waals surface area contributed by atoms with Crippen molar-refractivity contribution < 1.29 is 33.8 Å². The fraction of sp³-hybridized carbons (Fsp3) is 0.304. The molecule has 1 atom stereocenters. The molecule has 2 heterocycles. The molecule has 11 heteroatoms. The van der Waals surface area contributed by atoms with Gasteiger partial charge >= 0.3 is 5.97 Å². The van der Waals surface area contributed by atoms with E-state index in [0.29, 0.717) is 39.6 Å². The molecule has 0 saturated carbocycles. The predicted octanol–water partition coefficient (Wildman–Crippen LogP) is 2.64. The van der Waals surface area contributed by atoms with Gasteiger partial charge in [0.05, 0.1) is 12.8 Å². The number of aliphatic carboxylic acids is 1. The number of hydrogen-bond acceptors (Lipinski definition) is 8. The van der Waals surface area contributed by atoms with Gasteiger partial charge in [0.15, 0.2) is 6.61 Å². The van der Waals surface area contributed by atoms with E-state index < -0.39 is 24.5 Å². The minimum atomic E-state index is -1.10. The van der Waals surface area contributed by atoms with Crippen molar-refractivity contribution in [3.8, 4) is 11.5 Å². The number of carbonyl (C=O) groups is 4. The molecular formula is C23H22N4O7. The second-order valence-electron chi connectivity index (χ2n) is 7.88. The second-order valence-corrected chi connectivity index (χ2v) is 7.88. The molecule has 3 amide bonds. The van der Waals surface area contributed by atoms with Gasteiger partial charge in [-0.2, -0.15) is 5.11 Å². The van der Waals surface area contributed by atoms with Crippen molar-refractivity contribution in [1.82, 2.24) is 10.2 Å². The zero-order valence-corrected chi connectivity index (χ0v) is 18.5. The zero-order valence-electron chi connectivity index (χ0n) is 18.5. The Morgan fingerprint density at radius 2 is 2.03 bits per heavy atom. The first-order chi connectivity index (χ1) is 16.3. The van der Waals surface area contributed by atoms with Crippen molar-refractivity contribution in [3.63, 3.8) is 0 Å². The van der Waals surface area contributed by atoms with Gasteiger partial charge in [0.2, 0.25) is 11.8 Å². The van der Waals surface area contributed by atoms with Crippen LogP contribution in [0.3, 0.4) is 0 Å². The van der Waals surface area contributed by atoms with E-state index in [4.69, 9.17) is 14.6 Å². The van der Waals surface area contributed by atoms with E-state index >= 15 is 0 Å². The lowest BCUT2D eigenvalue weighted by Gasteiger charge is -2.29. The Kier molecular flexibility index (Phi) is 6.26. The van der Waals surface area contributed by atoms with Crippen molar-refractivity contribution in [2.45, 2.75) is 32.4 Å². The molecule has 1 saturated heterocycles. The predicted molar refractivity (Wildman–Crippen MR) is 118 cm³/mol. The zero-order chi connectivity index (χ0) is 24.4. The van der Waals surface area contributed by atoms with Crippen molar-refractivity contribution >= 4 is 35.1 Å². The first kappa shape index (κ1) is 22.9. The number of carboxylic acids is 1. The third kappa shape index (κ3) is 4.45. The highest BCUT2D eigenvalue weighted by Gasteiger charge is 2.39. The summed E-state index contributed by atoms with van der Waals surface area (Å²) in [6.45, 7) is 1.44. The number of ether oxygens (including phenoxy) is 2. The molecule has 11 nitrogen and oxygen atoms in total. The number of rotatable bonds is 7. The van der Waals surface area contributed by atoms with Crippen LogP contribution in [0.4, 0.5) is 11.4 Å². The Morgan fingerprint density at radius 3 is 2.74 bits per heavy atom. The average molecular weight is 466 g/mol. The Morgan fingerprint density at radius 1 is 1.24 bits per heavy atom. The van der Waals surface area contributed by atoms with E-state index in [1.54, 1.807) is 31.2 Å². The maximum absolute atomic E-state index is 13.0. The Hall–Kier alpha value is -4.28. The van der Waals surface area contributed by atoms with Crippen LogP contribution in [0, 0.1) is 6.92 Å². The van der Waals surface area contributed by atoms with Crippen LogP contribution in [0.5, 0.6) is 11.5 Å². The molecule has 176 valence electrons. The molecule has 2 N–H and O–H groups in total. The number of hydrogen-bond donors (Lipinski definition) is 2. The minimum Gasteiger partial charge on any atom is -0.494 e. The van der Waals surface area contributed by atoms with Crippen LogP contribution in [0.2, 0.25) is 0 Å². The number of nitrogens with zero attached hydrogens (tertiary/aromatic N) is 3. The van der Waals surface area contributed by atoms with E-state index in [1.165, 1.54) is 18.1 Å². The molecule has 1 unspecified atom stereocenters. The number of imide groups is 1. The number of fused-ring (bicyclic) bond motifs is 1. The number of methoxy groups -OCH3 is 1. The highest BCUT2D eigenvalue weighted by Crippen LogP contribution is 2.38. The van der Waals surface area contributed by atoms with Gasteiger partial charge in [-0.25, -0.2) is 4.79 Å². The van der Waals surface area contributed by atoms with Gasteiger partial charge in [-0.05, 0) is 37.1 Å². The molecule has 2 aliphatic rings. The molecule has 0 aromatic heterocycles. The Bertz CT molecular complexity index is 1220. The summed E-state index contributed by atoms with van der Waals surface area (Å²) in [5, 5.41) is 19.8. The average Bonchev–Trinajstić information content (AvgIpc) is 3.13. The van der Waals surface area contributed by atoms with Gasteiger partial charge in [-0.15, -0.1) is 5.11 Å². The summed E-state index contributed by atoms with van der Waals surface area (Å²) in [7, 11) is 1.45. The molecular weight excluding hydrogens is 444 g/mol. The van der Waals surface area contributed by atoms with Crippen LogP contribution in [-0.2, 0) is 20.9 Å². The number of aryl methyl sites for hydroxylation is 1. The lowest BCUT2D eigenvalue weighted by atomic mass is 10.0. The summed E-state index contributed by atoms with van der Waals surface area (Å²) < 4.78 is 10.6. The van der Waals surface area contributed by atoms with Crippen LogP contribution in [0.15, 0.2) is 40.6 Å². The lowest BCUT2D eigenvalue weighted by molar-refractivity contribution is -0.139. The molecule has 4 rings (SSSR count). The van der Waals surface area contributed by atoms with E-state index in [9.17, 15) is 19.2 Å². The number of carboxylic acid groups (broad SMARTS) is 1. The minimum absolute atomic E-state index is 0.174. The largest absolute Gasteiger partial charge is 0.494 e. The summed E-state index contributed by atoms with van der Waals surface area (Å²) >= 11 is 0. The number of benzene rings is 2. The normalized spacial score (nSPS) is 17.6. The van der Waals surface area contributed by atoms with E-state index in [1.807, 2.05) is 0 Å². The number of amides is 3. The molecule has 2 aliphatic heterocycles. The molecule has 2 aromatic rings. The Labute approximate surface area is 194 Å². The quantitative estimate of drug-likeness (QED) is 0.471. The van der Waals surface area contributed by atoms with Crippen LogP contribution in [-0.4, -0.2) is 53.5 Å². The molecule has 0 spiro atoms. The molecule has 0 radical (unpaired) electrons. The fourth-order valence-electron chi connectivity index (χ4n) is 3.99. The monoisotopic (exact) mass is 466 g/mol. The molecule has 0 aliphatic carbocycles. The van der Waals surface area contributed by atoms with E-state index in [-0.39, 0.29) is 31.2 Å². The topological polar surface area (TPSA) is 147 Å². The first-order valence-corrected chi connectivity index (χ1v) is 10.5. The lowest BCUT2D eigenvalue weighted by Crippen LogP contribution is -2.52. The maximum Gasteiger partial charge on any atom is 0.341 e. The molecule has 34 heavy (non-hydrogen) atoms. The van der Waals surface area contributed by atoms with Crippen LogP contribution in [0.1, 0.15) is 34.3 Å². The highest BCUT2D eigenvalue weighted by molar-refractivity contribution is 6.06. The van der Waals surface area contributed by atoms with Crippen molar-refractivity contribution in [1.29, 1.82) is 0 Å². The Balaban J connectivity index is 1.60. The first-order valence-electron chi connectivity index (χ1n) is 10.5. The van der Waals surface area contributed by atoms with E-state index in [0.717, 1.165) is 0 Å². The number of piperidine rings is 1.